The van der Waals surface area contributed by atoms with Gasteiger partial charge in [0.05, 0.1) is 6.10 Å². The van der Waals surface area contributed by atoms with Crippen molar-refractivity contribution >= 4 is 0 Å². The normalized spacial score (nSPS) is 12.5. The first-order valence-electron chi connectivity index (χ1n) is 5.85. The summed E-state index contributed by atoms with van der Waals surface area (Å²) in [5.74, 6) is -1.87. The Kier molecular flexibility index (Phi) is 3.90. The van der Waals surface area contributed by atoms with Crippen molar-refractivity contribution in [3.63, 3.8) is 0 Å². The Hall–Kier alpha value is -1.81. The molecule has 2 aromatic rings. The molecular formula is C15H13F3O. The molecule has 0 amide bonds. The molecule has 19 heavy (non-hydrogen) atoms. The minimum Gasteiger partial charge on any atom is -0.388 e. The molecule has 100 valence electrons. The van der Waals surface area contributed by atoms with E-state index in [2.05, 4.69) is 0 Å². The van der Waals surface area contributed by atoms with Gasteiger partial charge in [-0.25, -0.2) is 13.2 Å². The number of halogens is 3. The van der Waals surface area contributed by atoms with E-state index in [1.807, 2.05) is 0 Å². The lowest BCUT2D eigenvalue weighted by Gasteiger charge is -2.13. The zero-order valence-electron chi connectivity index (χ0n) is 10.3. The van der Waals surface area contributed by atoms with Gasteiger partial charge in [-0.15, -0.1) is 0 Å². The molecule has 0 radical (unpaired) electrons. The van der Waals surface area contributed by atoms with Crippen molar-refractivity contribution in [2.45, 2.75) is 19.4 Å². The molecule has 0 aliphatic heterocycles. The van der Waals surface area contributed by atoms with Gasteiger partial charge in [0.15, 0.2) is 0 Å². The second-order valence-electron chi connectivity index (χ2n) is 4.47. The highest BCUT2D eigenvalue weighted by Crippen LogP contribution is 2.24. The van der Waals surface area contributed by atoms with Crippen LogP contribution in [0.4, 0.5) is 13.2 Å². The monoisotopic (exact) mass is 266 g/mol. The van der Waals surface area contributed by atoms with Crippen LogP contribution >= 0.6 is 0 Å². The van der Waals surface area contributed by atoms with Crippen molar-refractivity contribution < 1.29 is 18.3 Å². The second-order valence-corrected chi connectivity index (χ2v) is 4.47. The molecule has 0 spiro atoms. The summed E-state index contributed by atoms with van der Waals surface area (Å²) >= 11 is 0. The van der Waals surface area contributed by atoms with E-state index in [9.17, 15) is 18.3 Å². The maximum absolute atomic E-state index is 13.6. The van der Waals surface area contributed by atoms with Crippen LogP contribution in [0.2, 0.25) is 0 Å². The van der Waals surface area contributed by atoms with Gasteiger partial charge >= 0.3 is 0 Å². The lowest BCUT2D eigenvalue weighted by atomic mass is 9.99. The van der Waals surface area contributed by atoms with Gasteiger partial charge in [0.2, 0.25) is 0 Å². The number of hydrogen-bond acceptors (Lipinski definition) is 1. The van der Waals surface area contributed by atoms with Crippen LogP contribution in [0.1, 0.15) is 22.8 Å². The number of benzene rings is 2. The average Bonchev–Trinajstić information content (AvgIpc) is 2.33. The molecule has 0 aliphatic carbocycles. The molecule has 0 saturated carbocycles. The molecule has 2 aromatic carbocycles. The molecule has 1 atom stereocenters. The molecule has 0 aliphatic rings. The van der Waals surface area contributed by atoms with Gasteiger partial charge in [-0.05, 0) is 36.2 Å². The van der Waals surface area contributed by atoms with E-state index in [4.69, 9.17) is 0 Å². The smallest absolute Gasteiger partial charge is 0.131 e. The van der Waals surface area contributed by atoms with Crippen LogP contribution in [0.5, 0.6) is 0 Å². The highest BCUT2D eigenvalue weighted by atomic mass is 19.1. The van der Waals surface area contributed by atoms with E-state index >= 15 is 0 Å². The van der Waals surface area contributed by atoms with Crippen LogP contribution in [-0.4, -0.2) is 5.11 Å². The van der Waals surface area contributed by atoms with Crippen molar-refractivity contribution in [2.24, 2.45) is 0 Å². The van der Waals surface area contributed by atoms with Crippen LogP contribution in [0, 0.1) is 24.4 Å². The van der Waals surface area contributed by atoms with E-state index in [-0.39, 0.29) is 17.5 Å². The van der Waals surface area contributed by atoms with Crippen LogP contribution < -0.4 is 0 Å². The van der Waals surface area contributed by atoms with Crippen LogP contribution in [-0.2, 0) is 6.42 Å². The number of aliphatic hydroxyl groups excluding tert-OH is 1. The number of aryl methyl sites for hydroxylation is 1. The standard InChI is InChI=1S/C15H13F3O/c1-9-5-12(14(18)8-13(9)17)15(19)7-10-3-2-4-11(16)6-10/h2-6,8,15,19H,7H2,1H3. The van der Waals surface area contributed by atoms with Gasteiger partial charge in [0.25, 0.3) is 0 Å². The molecule has 1 unspecified atom stereocenters. The van der Waals surface area contributed by atoms with Crippen molar-refractivity contribution in [1.82, 2.24) is 0 Å². The fourth-order valence-corrected chi connectivity index (χ4v) is 1.93. The van der Waals surface area contributed by atoms with Crippen molar-refractivity contribution in [2.75, 3.05) is 0 Å². The van der Waals surface area contributed by atoms with Crippen molar-refractivity contribution in [3.05, 3.63) is 70.5 Å². The van der Waals surface area contributed by atoms with E-state index in [1.54, 1.807) is 6.07 Å². The number of hydrogen-bond donors (Lipinski definition) is 1. The quantitative estimate of drug-likeness (QED) is 0.898. The molecule has 0 heterocycles. The van der Waals surface area contributed by atoms with Crippen molar-refractivity contribution in [3.8, 4) is 0 Å². The Morgan fingerprint density at radius 3 is 2.47 bits per heavy atom. The summed E-state index contributed by atoms with van der Waals surface area (Å²) in [6.45, 7) is 1.49. The molecule has 4 heteroatoms. The third-order valence-corrected chi connectivity index (χ3v) is 2.96. The zero-order valence-corrected chi connectivity index (χ0v) is 10.3. The van der Waals surface area contributed by atoms with Gasteiger partial charge in [0, 0.05) is 18.1 Å². The first-order valence-corrected chi connectivity index (χ1v) is 5.85. The molecule has 2 rings (SSSR count). The molecule has 0 saturated heterocycles. The second kappa shape index (κ2) is 5.45. The molecule has 0 aromatic heterocycles. The third-order valence-electron chi connectivity index (χ3n) is 2.96. The topological polar surface area (TPSA) is 20.2 Å². The summed E-state index contributed by atoms with van der Waals surface area (Å²) in [6, 6.07) is 7.74. The van der Waals surface area contributed by atoms with Gasteiger partial charge in [0.1, 0.15) is 17.5 Å². The molecule has 0 bridgehead atoms. The first kappa shape index (κ1) is 13.6. The molecule has 1 nitrogen and oxygen atoms in total. The maximum Gasteiger partial charge on any atom is 0.131 e. The third kappa shape index (κ3) is 3.15. The largest absolute Gasteiger partial charge is 0.388 e. The zero-order chi connectivity index (χ0) is 14.0. The Balaban J connectivity index is 2.25. The lowest BCUT2D eigenvalue weighted by Crippen LogP contribution is -2.06. The first-order chi connectivity index (χ1) is 8.97. The van der Waals surface area contributed by atoms with Gasteiger partial charge < -0.3 is 5.11 Å². The fraction of sp³-hybridized carbons (Fsp3) is 0.200. The van der Waals surface area contributed by atoms with Crippen molar-refractivity contribution in [1.29, 1.82) is 0 Å². The lowest BCUT2D eigenvalue weighted by molar-refractivity contribution is 0.173. The Labute approximate surface area is 109 Å². The van der Waals surface area contributed by atoms with Gasteiger partial charge in [-0.1, -0.05) is 12.1 Å². The summed E-state index contributed by atoms with van der Waals surface area (Å²) in [5, 5.41) is 9.98. The molecule has 0 fully saturated rings. The summed E-state index contributed by atoms with van der Waals surface area (Å²) in [4.78, 5) is 0. The summed E-state index contributed by atoms with van der Waals surface area (Å²) in [6.07, 6.45) is -1.07. The van der Waals surface area contributed by atoms with Crippen LogP contribution in [0.25, 0.3) is 0 Å². The van der Waals surface area contributed by atoms with Gasteiger partial charge in [-0.3, -0.25) is 0 Å². The average molecular weight is 266 g/mol. The highest BCUT2D eigenvalue weighted by Gasteiger charge is 2.16. The molecular weight excluding hydrogens is 253 g/mol. The van der Waals surface area contributed by atoms with E-state index < -0.39 is 23.6 Å². The summed E-state index contributed by atoms with van der Waals surface area (Å²) in [5.41, 5.74) is 0.826. The van der Waals surface area contributed by atoms with Gasteiger partial charge in [-0.2, -0.15) is 0 Å². The minimum atomic E-state index is -1.14. The Morgan fingerprint density at radius 2 is 1.79 bits per heavy atom. The Bertz CT molecular complexity index is 596. The highest BCUT2D eigenvalue weighted by molar-refractivity contribution is 5.29. The minimum absolute atomic E-state index is 0.0168. The number of rotatable bonds is 3. The summed E-state index contributed by atoms with van der Waals surface area (Å²) < 4.78 is 39.7. The van der Waals surface area contributed by atoms with Crippen LogP contribution in [0.15, 0.2) is 36.4 Å². The number of aliphatic hydroxyl groups is 1. The van der Waals surface area contributed by atoms with E-state index in [1.165, 1.54) is 31.2 Å². The SMILES string of the molecule is Cc1cc(C(O)Cc2cccc(F)c2)c(F)cc1F. The fourth-order valence-electron chi connectivity index (χ4n) is 1.93. The molecule has 1 N–H and O–H groups in total. The predicted molar refractivity (Wildman–Crippen MR) is 66.2 cm³/mol. The van der Waals surface area contributed by atoms with E-state index in [0.29, 0.717) is 5.56 Å². The Morgan fingerprint density at radius 1 is 1.05 bits per heavy atom. The predicted octanol–water partition coefficient (Wildman–Crippen LogP) is 3.69. The maximum atomic E-state index is 13.6. The summed E-state index contributed by atoms with van der Waals surface area (Å²) in [7, 11) is 0. The van der Waals surface area contributed by atoms with E-state index in [0.717, 1.165) is 6.07 Å². The van der Waals surface area contributed by atoms with Crippen LogP contribution in [0.3, 0.4) is 0 Å².